The number of nitrogens with one attached hydrogen (secondary N) is 1. The Kier molecular flexibility index (Phi) is 10.4. The van der Waals surface area contributed by atoms with Crippen molar-refractivity contribution < 1.29 is 37.8 Å². The number of carboxylic acids is 1. The number of alkyl carbamates (subject to hydrolysis) is 1. The van der Waals surface area contributed by atoms with Gasteiger partial charge in [-0.25, -0.2) is 18.4 Å². The summed E-state index contributed by atoms with van der Waals surface area (Å²) in [5, 5.41) is 13.1. The van der Waals surface area contributed by atoms with Crippen LogP contribution in [-0.4, -0.2) is 62.3 Å². The van der Waals surface area contributed by atoms with Crippen LogP contribution >= 0.6 is 0 Å². The normalized spacial score (nSPS) is 27.5. The summed E-state index contributed by atoms with van der Waals surface area (Å²) in [6.07, 6.45) is 5.25. The summed E-state index contributed by atoms with van der Waals surface area (Å²) in [5.41, 5.74) is 3.93. The van der Waals surface area contributed by atoms with Gasteiger partial charge in [0.2, 0.25) is 11.8 Å². The van der Waals surface area contributed by atoms with E-state index in [0.717, 1.165) is 32.1 Å². The van der Waals surface area contributed by atoms with E-state index >= 15 is 4.39 Å². The van der Waals surface area contributed by atoms with Crippen LogP contribution < -0.4 is 11.1 Å². The minimum absolute atomic E-state index is 0.0893. The fourth-order valence-electron chi connectivity index (χ4n) is 9.00. The van der Waals surface area contributed by atoms with Crippen molar-refractivity contribution in [3.63, 3.8) is 0 Å². The number of likely N-dealkylation sites (tertiary alicyclic amines) is 1. The van der Waals surface area contributed by atoms with E-state index in [9.17, 15) is 28.7 Å². The van der Waals surface area contributed by atoms with E-state index in [1.54, 1.807) is 39.0 Å². The Morgan fingerprint density at radius 1 is 1.06 bits per heavy atom. The predicted octanol–water partition coefficient (Wildman–Crippen LogP) is 6.71. The molecule has 4 atom stereocenters. The number of hydrogen-bond acceptors (Lipinski definition) is 5. The van der Waals surface area contributed by atoms with E-state index in [4.69, 9.17) is 10.5 Å². The molecule has 5 rings (SSSR count). The Labute approximate surface area is 280 Å². The van der Waals surface area contributed by atoms with E-state index in [1.807, 2.05) is 6.92 Å². The molecule has 4 N–H and O–H groups in total. The Morgan fingerprint density at radius 3 is 2.27 bits per heavy atom. The lowest BCUT2D eigenvalue weighted by molar-refractivity contribution is -0.155. The van der Waals surface area contributed by atoms with Gasteiger partial charge < -0.3 is 30.4 Å². The minimum atomic E-state index is -1.46. The standard InChI is InChI=1S/C36H50F2N4O6/c1-5-36(33(39)46)25(21-11-7-6-8-12-21)19-28(41-27-14-10-9-13-24(27)29(38)30(41)32(44)45)42(36)31(43)23-17-15-22(16-18-23)26(20-37)40-34(47)48-35(2,3)4/h9-10,13-14,21-23,25-26,28H,5-8,11-12,15-20H2,1-4H3,(H2,39,46)(H,40,47)(H,44,45)/t22-,23-,25-,26?,28?,36-/m0/s1. The summed E-state index contributed by atoms with van der Waals surface area (Å²) < 4.78 is 36.7. The van der Waals surface area contributed by atoms with Gasteiger partial charge in [-0.15, -0.1) is 0 Å². The summed E-state index contributed by atoms with van der Waals surface area (Å²) in [4.78, 5) is 55.3. The molecular weight excluding hydrogens is 622 g/mol. The molecule has 0 spiro atoms. The van der Waals surface area contributed by atoms with Crippen molar-refractivity contribution in [2.45, 2.75) is 122 Å². The van der Waals surface area contributed by atoms with Crippen molar-refractivity contribution >= 4 is 34.8 Å². The maximum atomic E-state index is 15.8. The molecule has 3 amide bonds. The van der Waals surface area contributed by atoms with Crippen LogP contribution in [0.15, 0.2) is 24.3 Å². The number of para-hydroxylation sites is 1. The van der Waals surface area contributed by atoms with Crippen LogP contribution in [0.3, 0.4) is 0 Å². The number of benzene rings is 1. The Balaban J connectivity index is 1.52. The SMILES string of the molecule is CC[C@@]1(C(N)=O)[C@H](C2CCCCC2)CC(n2c(C(=O)O)c(F)c3ccccc32)N1C(=O)[C@H]1CC[C@H](C(CF)NC(=O)OC(C)(C)C)CC1. The molecule has 48 heavy (non-hydrogen) atoms. The molecule has 264 valence electrons. The largest absolute Gasteiger partial charge is 0.476 e. The highest BCUT2D eigenvalue weighted by molar-refractivity contribution is 5.97. The Bertz CT molecular complexity index is 1520. The average molecular weight is 673 g/mol. The Hall–Kier alpha value is -3.70. The van der Waals surface area contributed by atoms with E-state index in [-0.39, 0.29) is 41.9 Å². The van der Waals surface area contributed by atoms with Gasteiger partial charge in [-0.1, -0.05) is 51.2 Å². The molecule has 2 aromatic rings. The van der Waals surface area contributed by atoms with Crippen molar-refractivity contribution in [3.05, 3.63) is 35.8 Å². The van der Waals surface area contributed by atoms with Gasteiger partial charge in [-0.2, -0.15) is 0 Å². The fourth-order valence-corrected chi connectivity index (χ4v) is 9.00. The minimum Gasteiger partial charge on any atom is -0.476 e. The van der Waals surface area contributed by atoms with E-state index in [1.165, 1.54) is 15.5 Å². The van der Waals surface area contributed by atoms with E-state index in [0.29, 0.717) is 31.2 Å². The third kappa shape index (κ3) is 6.51. The van der Waals surface area contributed by atoms with Crippen molar-refractivity contribution in [3.8, 4) is 0 Å². The zero-order valence-corrected chi connectivity index (χ0v) is 28.5. The van der Waals surface area contributed by atoms with Crippen molar-refractivity contribution in [2.75, 3.05) is 6.67 Å². The molecule has 2 unspecified atom stereocenters. The molecule has 1 saturated heterocycles. The molecule has 1 aliphatic heterocycles. The number of aromatic carboxylic acids is 1. The number of ether oxygens (including phenoxy) is 1. The lowest BCUT2D eigenvalue weighted by Crippen LogP contribution is -2.62. The van der Waals surface area contributed by atoms with Crippen LogP contribution in [0, 0.1) is 29.5 Å². The molecule has 1 aromatic carbocycles. The molecule has 0 radical (unpaired) electrons. The van der Waals surface area contributed by atoms with Crippen LogP contribution in [0.1, 0.15) is 115 Å². The number of aromatic nitrogens is 1. The lowest BCUT2D eigenvalue weighted by Gasteiger charge is -2.45. The second kappa shape index (κ2) is 14.0. The highest BCUT2D eigenvalue weighted by atomic mass is 19.1. The van der Waals surface area contributed by atoms with Crippen LogP contribution in [0.25, 0.3) is 10.9 Å². The zero-order chi connectivity index (χ0) is 35.0. The zero-order valence-electron chi connectivity index (χ0n) is 28.5. The summed E-state index contributed by atoms with van der Waals surface area (Å²) in [5.74, 6) is -4.36. The molecule has 2 heterocycles. The number of halogens is 2. The maximum absolute atomic E-state index is 15.8. The molecule has 2 aliphatic carbocycles. The third-order valence-corrected chi connectivity index (χ3v) is 11.1. The quantitative estimate of drug-likeness (QED) is 0.270. The predicted molar refractivity (Wildman–Crippen MR) is 176 cm³/mol. The van der Waals surface area contributed by atoms with Crippen LogP contribution in [0.5, 0.6) is 0 Å². The second-order valence-corrected chi connectivity index (χ2v) is 14.9. The summed E-state index contributed by atoms with van der Waals surface area (Å²) >= 11 is 0. The molecular formula is C36H50F2N4O6. The molecule has 10 nitrogen and oxygen atoms in total. The van der Waals surface area contributed by atoms with Gasteiger partial charge in [0.1, 0.15) is 24.0 Å². The van der Waals surface area contributed by atoms with Crippen molar-refractivity contribution in [2.24, 2.45) is 29.4 Å². The second-order valence-electron chi connectivity index (χ2n) is 14.9. The highest BCUT2D eigenvalue weighted by Gasteiger charge is 2.61. The van der Waals surface area contributed by atoms with Crippen LogP contribution in [0.4, 0.5) is 13.6 Å². The van der Waals surface area contributed by atoms with Gasteiger partial charge in [0, 0.05) is 11.3 Å². The Morgan fingerprint density at radius 2 is 1.71 bits per heavy atom. The molecule has 3 aliphatic rings. The van der Waals surface area contributed by atoms with E-state index < -0.39 is 65.4 Å². The monoisotopic (exact) mass is 672 g/mol. The van der Waals surface area contributed by atoms with Crippen molar-refractivity contribution in [1.82, 2.24) is 14.8 Å². The number of fused-ring (bicyclic) bond motifs is 1. The van der Waals surface area contributed by atoms with Gasteiger partial charge in [0.15, 0.2) is 11.5 Å². The topological polar surface area (TPSA) is 144 Å². The molecule has 0 bridgehead atoms. The number of carbonyl (C=O) groups is 4. The number of alkyl halides is 1. The highest BCUT2D eigenvalue weighted by Crippen LogP contribution is 2.54. The van der Waals surface area contributed by atoms with Gasteiger partial charge in [0.05, 0.1) is 11.6 Å². The van der Waals surface area contributed by atoms with Gasteiger partial charge in [0.25, 0.3) is 0 Å². The summed E-state index contributed by atoms with van der Waals surface area (Å²) in [7, 11) is 0. The van der Waals surface area contributed by atoms with Gasteiger partial charge >= 0.3 is 12.1 Å². The number of nitrogens with zero attached hydrogens (tertiary/aromatic N) is 2. The number of nitrogens with two attached hydrogens (primary N) is 1. The van der Waals surface area contributed by atoms with Crippen LogP contribution in [0.2, 0.25) is 0 Å². The van der Waals surface area contributed by atoms with Gasteiger partial charge in [-0.05, 0) is 89.2 Å². The summed E-state index contributed by atoms with van der Waals surface area (Å²) in [6, 6.07) is 5.70. The number of carboxylic acid groups (broad SMARTS) is 1. The number of rotatable bonds is 9. The number of primary amides is 1. The van der Waals surface area contributed by atoms with Crippen molar-refractivity contribution in [1.29, 1.82) is 0 Å². The molecule has 3 fully saturated rings. The number of carbonyl (C=O) groups excluding carboxylic acids is 3. The fraction of sp³-hybridized carbons (Fsp3) is 0.667. The first-order chi connectivity index (χ1) is 22.7. The first-order valence-corrected chi connectivity index (χ1v) is 17.4. The molecule has 1 aromatic heterocycles. The third-order valence-electron chi connectivity index (χ3n) is 11.1. The average Bonchev–Trinajstić information content (AvgIpc) is 3.56. The van der Waals surface area contributed by atoms with Gasteiger partial charge in [-0.3, -0.25) is 9.59 Å². The number of hydrogen-bond donors (Lipinski definition) is 3. The first-order valence-electron chi connectivity index (χ1n) is 17.4. The number of amides is 3. The lowest BCUT2D eigenvalue weighted by atomic mass is 9.68. The smallest absolute Gasteiger partial charge is 0.407 e. The maximum Gasteiger partial charge on any atom is 0.407 e. The first kappa shape index (κ1) is 35.6. The molecule has 2 saturated carbocycles. The van der Waals surface area contributed by atoms with E-state index in [2.05, 4.69) is 5.32 Å². The van der Waals surface area contributed by atoms with Crippen LogP contribution in [-0.2, 0) is 14.3 Å². The molecule has 12 heteroatoms. The summed E-state index contributed by atoms with van der Waals surface area (Å²) in [6.45, 7) is 6.23.